The van der Waals surface area contributed by atoms with Gasteiger partial charge in [0.1, 0.15) is 0 Å². The van der Waals surface area contributed by atoms with Crippen LogP contribution in [0.2, 0.25) is 0 Å². The second kappa shape index (κ2) is 4.14. The summed E-state index contributed by atoms with van der Waals surface area (Å²) in [5, 5.41) is 2.98. The number of hydrogen-bond acceptors (Lipinski definition) is 2. The lowest BCUT2D eigenvalue weighted by Crippen LogP contribution is -2.13. The third-order valence-electron chi connectivity index (χ3n) is 2.29. The van der Waals surface area contributed by atoms with Crippen molar-refractivity contribution >= 4 is 11.8 Å². The second-order valence-corrected chi connectivity index (χ2v) is 4.83. The summed E-state index contributed by atoms with van der Waals surface area (Å²) in [6.07, 6.45) is -4.28. The first kappa shape index (κ1) is 11.5. The van der Waals surface area contributed by atoms with Crippen LogP contribution in [-0.4, -0.2) is 6.54 Å². The highest BCUT2D eigenvalue weighted by Crippen LogP contribution is 2.38. The Labute approximate surface area is 95.7 Å². The summed E-state index contributed by atoms with van der Waals surface area (Å²) in [6, 6.07) is 5.39. The van der Waals surface area contributed by atoms with E-state index < -0.39 is 11.7 Å². The predicted molar refractivity (Wildman–Crippen MR) is 58.9 cm³/mol. The van der Waals surface area contributed by atoms with Crippen molar-refractivity contribution in [3.63, 3.8) is 0 Å². The summed E-state index contributed by atoms with van der Waals surface area (Å²) in [5.41, 5.74) is 0.0309. The molecule has 1 aliphatic heterocycles. The van der Waals surface area contributed by atoms with Crippen LogP contribution in [0, 0.1) is 0 Å². The lowest BCUT2D eigenvalue weighted by Gasteiger charge is -2.12. The van der Waals surface area contributed by atoms with Gasteiger partial charge in [-0.2, -0.15) is 13.2 Å². The molecule has 2 rings (SSSR count). The highest BCUT2D eigenvalue weighted by atomic mass is 32.2. The molecule has 0 bridgehead atoms. The van der Waals surface area contributed by atoms with Gasteiger partial charge in [0.2, 0.25) is 0 Å². The number of benzene rings is 1. The minimum atomic E-state index is -4.28. The summed E-state index contributed by atoms with van der Waals surface area (Å²) >= 11 is 1.47. The molecule has 1 nitrogen and oxygen atoms in total. The van der Waals surface area contributed by atoms with E-state index in [-0.39, 0.29) is 5.37 Å². The van der Waals surface area contributed by atoms with E-state index in [1.54, 1.807) is 6.07 Å². The van der Waals surface area contributed by atoms with Gasteiger partial charge in [-0.05, 0) is 22.6 Å². The molecule has 5 heteroatoms. The van der Waals surface area contributed by atoms with Gasteiger partial charge < -0.3 is 0 Å². The van der Waals surface area contributed by atoms with Crippen molar-refractivity contribution in [3.05, 3.63) is 46.9 Å². The van der Waals surface area contributed by atoms with Gasteiger partial charge in [-0.15, -0.1) is 11.8 Å². The Hall–Kier alpha value is -0.940. The van der Waals surface area contributed by atoms with E-state index in [1.807, 2.05) is 0 Å². The zero-order valence-corrected chi connectivity index (χ0v) is 9.16. The zero-order valence-electron chi connectivity index (χ0n) is 8.34. The number of rotatable bonds is 1. The number of nitrogens with one attached hydrogen (secondary N) is 1. The molecule has 0 saturated carbocycles. The molecule has 1 aromatic carbocycles. The van der Waals surface area contributed by atoms with Crippen LogP contribution in [0.5, 0.6) is 0 Å². The topological polar surface area (TPSA) is 12.0 Å². The van der Waals surface area contributed by atoms with Crippen molar-refractivity contribution in [1.29, 1.82) is 0 Å². The van der Waals surface area contributed by atoms with Crippen molar-refractivity contribution in [2.24, 2.45) is 0 Å². The molecule has 1 aromatic rings. The van der Waals surface area contributed by atoms with Crippen LogP contribution in [0.3, 0.4) is 0 Å². The van der Waals surface area contributed by atoms with E-state index >= 15 is 0 Å². The first-order chi connectivity index (χ1) is 7.47. The molecular formula is C11H10F3NS. The quantitative estimate of drug-likeness (QED) is 0.812. The summed E-state index contributed by atoms with van der Waals surface area (Å²) in [5.74, 6) is 0. The normalized spacial score (nSPS) is 21.4. The molecule has 0 amide bonds. The third kappa shape index (κ3) is 2.41. The standard InChI is InChI=1S/C11H10F3NS/c1-7-6-15-10(16-7)8-3-2-4-9(5-8)11(12,13)14/h2-5,10,15H,1,6H2. The molecule has 0 aliphatic carbocycles. The van der Waals surface area contributed by atoms with Crippen LogP contribution in [-0.2, 0) is 6.18 Å². The summed E-state index contributed by atoms with van der Waals surface area (Å²) in [4.78, 5) is 0.947. The highest BCUT2D eigenvalue weighted by Gasteiger charge is 2.31. The van der Waals surface area contributed by atoms with Gasteiger partial charge in [0.05, 0.1) is 10.9 Å². The second-order valence-electron chi connectivity index (χ2n) is 3.54. The Bertz CT molecular complexity index is 414. The maximum absolute atomic E-state index is 12.5. The molecule has 1 N–H and O–H groups in total. The lowest BCUT2D eigenvalue weighted by molar-refractivity contribution is -0.137. The van der Waals surface area contributed by atoms with Gasteiger partial charge in [-0.1, -0.05) is 18.7 Å². The van der Waals surface area contributed by atoms with E-state index in [4.69, 9.17) is 0 Å². The van der Waals surface area contributed by atoms with Gasteiger partial charge in [0.25, 0.3) is 0 Å². The average Bonchev–Trinajstić information content (AvgIpc) is 2.64. The Kier molecular flexibility index (Phi) is 2.99. The Balaban J connectivity index is 2.26. The molecule has 1 aliphatic rings. The van der Waals surface area contributed by atoms with Gasteiger partial charge >= 0.3 is 6.18 Å². The summed E-state index contributed by atoms with van der Waals surface area (Å²) < 4.78 is 37.5. The Morgan fingerprint density at radius 2 is 2.12 bits per heavy atom. The van der Waals surface area contributed by atoms with Gasteiger partial charge in [0.15, 0.2) is 0 Å². The Morgan fingerprint density at radius 1 is 1.38 bits per heavy atom. The molecular weight excluding hydrogens is 235 g/mol. The molecule has 1 atom stereocenters. The van der Waals surface area contributed by atoms with Crippen LogP contribution in [0.15, 0.2) is 35.7 Å². The lowest BCUT2D eigenvalue weighted by atomic mass is 10.1. The molecule has 0 spiro atoms. The van der Waals surface area contributed by atoms with Gasteiger partial charge in [0, 0.05) is 6.54 Å². The minimum Gasteiger partial charge on any atom is -0.297 e. The molecule has 86 valence electrons. The molecule has 1 heterocycles. The van der Waals surface area contributed by atoms with Gasteiger partial charge in [-0.25, -0.2) is 0 Å². The number of alkyl halides is 3. The van der Waals surface area contributed by atoms with Crippen molar-refractivity contribution in [2.45, 2.75) is 11.6 Å². The fraction of sp³-hybridized carbons (Fsp3) is 0.273. The third-order valence-corrected chi connectivity index (χ3v) is 3.44. The molecule has 16 heavy (non-hydrogen) atoms. The van der Waals surface area contributed by atoms with Crippen molar-refractivity contribution in [3.8, 4) is 0 Å². The van der Waals surface area contributed by atoms with Crippen LogP contribution in [0.25, 0.3) is 0 Å². The van der Waals surface area contributed by atoms with Gasteiger partial charge in [-0.3, -0.25) is 5.32 Å². The van der Waals surface area contributed by atoms with E-state index in [9.17, 15) is 13.2 Å². The first-order valence-electron chi connectivity index (χ1n) is 4.72. The smallest absolute Gasteiger partial charge is 0.297 e. The van der Waals surface area contributed by atoms with E-state index in [0.717, 1.165) is 11.0 Å². The summed E-state index contributed by atoms with van der Waals surface area (Å²) in [7, 11) is 0. The number of halogens is 3. The predicted octanol–water partition coefficient (Wildman–Crippen LogP) is 3.55. The largest absolute Gasteiger partial charge is 0.416 e. The Morgan fingerprint density at radius 3 is 2.69 bits per heavy atom. The SMILES string of the molecule is C=C1CNC(c2cccc(C(F)(F)F)c2)S1. The van der Waals surface area contributed by atoms with Crippen LogP contribution in [0.4, 0.5) is 13.2 Å². The molecule has 1 fully saturated rings. The van der Waals surface area contributed by atoms with Crippen LogP contribution < -0.4 is 5.32 Å². The molecule has 0 aromatic heterocycles. The number of hydrogen-bond donors (Lipinski definition) is 1. The monoisotopic (exact) mass is 245 g/mol. The molecule has 1 unspecified atom stereocenters. The molecule has 1 saturated heterocycles. The van der Waals surface area contributed by atoms with Crippen LogP contribution in [0.1, 0.15) is 16.5 Å². The summed E-state index contributed by atoms with van der Waals surface area (Å²) in [6.45, 7) is 4.42. The minimum absolute atomic E-state index is 0.116. The zero-order chi connectivity index (χ0) is 11.8. The van der Waals surface area contributed by atoms with E-state index in [2.05, 4.69) is 11.9 Å². The van der Waals surface area contributed by atoms with E-state index in [1.165, 1.54) is 23.9 Å². The maximum Gasteiger partial charge on any atom is 0.416 e. The number of thioether (sulfide) groups is 1. The maximum atomic E-state index is 12.5. The highest BCUT2D eigenvalue weighted by molar-refractivity contribution is 8.03. The van der Waals surface area contributed by atoms with E-state index in [0.29, 0.717) is 12.1 Å². The van der Waals surface area contributed by atoms with Crippen LogP contribution >= 0.6 is 11.8 Å². The first-order valence-corrected chi connectivity index (χ1v) is 5.60. The van der Waals surface area contributed by atoms with Crippen molar-refractivity contribution < 1.29 is 13.2 Å². The fourth-order valence-corrected chi connectivity index (χ4v) is 2.47. The van der Waals surface area contributed by atoms with Crippen molar-refractivity contribution in [1.82, 2.24) is 5.32 Å². The van der Waals surface area contributed by atoms with Crippen molar-refractivity contribution in [2.75, 3.05) is 6.54 Å². The average molecular weight is 245 g/mol. The fourth-order valence-electron chi connectivity index (χ4n) is 1.52. The molecule has 0 radical (unpaired) electrons.